The summed E-state index contributed by atoms with van der Waals surface area (Å²) in [5, 5.41) is 0. The molecule has 2 aromatic carbocycles. The van der Waals surface area contributed by atoms with Crippen molar-refractivity contribution in [1.29, 1.82) is 0 Å². The molecule has 0 aliphatic carbocycles. The van der Waals surface area contributed by atoms with Gasteiger partial charge in [0.05, 0.1) is 7.11 Å². The lowest BCUT2D eigenvalue weighted by Crippen LogP contribution is -2.21. The Bertz CT molecular complexity index is 699. The van der Waals surface area contributed by atoms with Crippen LogP contribution in [0.15, 0.2) is 48.5 Å². The van der Waals surface area contributed by atoms with Crippen molar-refractivity contribution >= 4 is 38.3 Å². The normalized spacial score (nSPS) is 11.0. The number of hydrogen-bond acceptors (Lipinski definition) is 4. The summed E-state index contributed by atoms with van der Waals surface area (Å²) in [6.07, 6.45) is 0. The first kappa shape index (κ1) is 16.9. The van der Waals surface area contributed by atoms with Gasteiger partial charge in [-0.05, 0) is 71.1 Å². The number of hydrogen-bond donors (Lipinski definition) is 1. The molecule has 118 valence electrons. The van der Waals surface area contributed by atoms with E-state index in [-0.39, 0.29) is 12.4 Å². The number of methoxy groups -OCH3 is 1. The second-order valence-electron chi connectivity index (χ2n) is 4.45. The molecule has 0 unspecified atom stereocenters. The van der Waals surface area contributed by atoms with Gasteiger partial charge in [-0.3, -0.25) is 4.72 Å². The van der Waals surface area contributed by atoms with Crippen LogP contribution in [0.2, 0.25) is 0 Å². The molecular formula is C15H16INO4S. The van der Waals surface area contributed by atoms with E-state index in [0.29, 0.717) is 11.4 Å². The van der Waals surface area contributed by atoms with Crippen LogP contribution < -0.4 is 14.2 Å². The number of nitrogens with one attached hydrogen (secondary N) is 1. The Labute approximate surface area is 143 Å². The number of benzene rings is 2. The molecule has 1 N–H and O–H groups in total. The molecule has 22 heavy (non-hydrogen) atoms. The predicted octanol–water partition coefficient (Wildman–Crippen LogP) is 3.12. The molecule has 0 aliphatic heterocycles. The van der Waals surface area contributed by atoms with Crippen LogP contribution in [0.1, 0.15) is 0 Å². The van der Waals surface area contributed by atoms with Gasteiger partial charge in [0.1, 0.15) is 23.9 Å². The third-order valence-corrected chi connectivity index (χ3v) is 4.77. The molecule has 0 fully saturated rings. The van der Waals surface area contributed by atoms with Gasteiger partial charge in [-0.1, -0.05) is 0 Å². The highest BCUT2D eigenvalue weighted by atomic mass is 127. The van der Waals surface area contributed by atoms with Crippen molar-refractivity contribution in [1.82, 2.24) is 0 Å². The fourth-order valence-corrected chi connectivity index (χ4v) is 2.95. The van der Waals surface area contributed by atoms with Gasteiger partial charge < -0.3 is 9.47 Å². The molecule has 0 heterocycles. The minimum atomic E-state index is -3.43. The highest BCUT2D eigenvalue weighted by Gasteiger charge is 2.10. The molecule has 0 radical (unpaired) electrons. The van der Waals surface area contributed by atoms with Crippen LogP contribution in [0.3, 0.4) is 0 Å². The Hall–Kier alpha value is -1.48. The van der Waals surface area contributed by atoms with Crippen LogP contribution in [0.25, 0.3) is 0 Å². The van der Waals surface area contributed by atoms with Gasteiger partial charge in [-0.2, -0.15) is 0 Å². The fraction of sp³-hybridized carbons (Fsp3) is 0.200. The molecule has 0 atom stereocenters. The van der Waals surface area contributed by atoms with E-state index in [1.54, 1.807) is 43.5 Å². The molecule has 2 rings (SSSR count). The highest BCUT2D eigenvalue weighted by Crippen LogP contribution is 2.17. The number of anilines is 1. The molecule has 5 nitrogen and oxygen atoms in total. The molecule has 0 aromatic heterocycles. The zero-order chi connectivity index (χ0) is 16.0. The summed E-state index contributed by atoms with van der Waals surface area (Å²) in [6.45, 7) is 0.0754. The van der Waals surface area contributed by atoms with E-state index in [1.165, 1.54) is 0 Å². The first-order valence-corrected chi connectivity index (χ1v) is 9.24. The summed E-state index contributed by atoms with van der Waals surface area (Å²) in [7, 11) is -1.85. The third kappa shape index (κ3) is 5.38. The Morgan fingerprint density at radius 1 is 1.00 bits per heavy atom. The molecule has 0 saturated heterocycles. The predicted molar refractivity (Wildman–Crippen MR) is 95.1 cm³/mol. The number of rotatable bonds is 7. The summed E-state index contributed by atoms with van der Waals surface area (Å²) in [5.74, 6) is 1.20. The van der Waals surface area contributed by atoms with Crippen LogP contribution >= 0.6 is 22.6 Å². The quantitative estimate of drug-likeness (QED) is 0.682. The van der Waals surface area contributed by atoms with E-state index in [1.807, 2.05) is 12.1 Å². The summed E-state index contributed by atoms with van der Waals surface area (Å²) in [4.78, 5) is 0. The molecule has 0 spiro atoms. The summed E-state index contributed by atoms with van der Waals surface area (Å²) in [5.41, 5.74) is 0.546. The van der Waals surface area contributed by atoms with Crippen LogP contribution in [-0.2, 0) is 10.0 Å². The lowest BCUT2D eigenvalue weighted by molar-refractivity contribution is 0.340. The Morgan fingerprint density at radius 3 is 2.18 bits per heavy atom. The highest BCUT2D eigenvalue weighted by molar-refractivity contribution is 14.1. The average molecular weight is 433 g/mol. The summed E-state index contributed by atoms with van der Waals surface area (Å²) < 4.78 is 38.0. The molecule has 7 heteroatoms. The van der Waals surface area contributed by atoms with Crippen molar-refractivity contribution in [3.63, 3.8) is 0 Å². The summed E-state index contributed by atoms with van der Waals surface area (Å²) >= 11 is 2.16. The number of sulfonamides is 1. The van der Waals surface area contributed by atoms with E-state index in [9.17, 15) is 8.42 Å². The zero-order valence-corrected chi connectivity index (χ0v) is 14.9. The topological polar surface area (TPSA) is 64.6 Å². The molecule has 0 saturated carbocycles. The van der Waals surface area contributed by atoms with Crippen molar-refractivity contribution in [3.05, 3.63) is 52.1 Å². The van der Waals surface area contributed by atoms with Crippen LogP contribution in [0.5, 0.6) is 11.5 Å². The standard InChI is InChI=1S/C15H16INO4S/c1-20-14-6-8-15(9-7-14)21-10-11-22(18,19)17-13-4-2-12(16)3-5-13/h2-9,17H,10-11H2,1H3. The summed E-state index contributed by atoms with van der Waals surface area (Å²) in [6, 6.07) is 14.1. The van der Waals surface area contributed by atoms with Crippen molar-refractivity contribution in [3.8, 4) is 11.5 Å². The zero-order valence-electron chi connectivity index (χ0n) is 12.0. The molecule has 0 aliphatic rings. The van der Waals surface area contributed by atoms with E-state index >= 15 is 0 Å². The maximum Gasteiger partial charge on any atom is 0.236 e. The Morgan fingerprint density at radius 2 is 1.59 bits per heavy atom. The first-order chi connectivity index (χ1) is 10.5. The van der Waals surface area contributed by atoms with Crippen LogP contribution in [-0.4, -0.2) is 27.9 Å². The fourth-order valence-electron chi connectivity index (χ4n) is 1.69. The second-order valence-corrected chi connectivity index (χ2v) is 7.54. The van der Waals surface area contributed by atoms with Crippen molar-refractivity contribution in [2.75, 3.05) is 24.2 Å². The van der Waals surface area contributed by atoms with Gasteiger partial charge >= 0.3 is 0 Å². The lowest BCUT2D eigenvalue weighted by Gasteiger charge is -2.10. The van der Waals surface area contributed by atoms with Gasteiger partial charge in [0.25, 0.3) is 0 Å². The van der Waals surface area contributed by atoms with E-state index < -0.39 is 10.0 Å². The van der Waals surface area contributed by atoms with Crippen molar-refractivity contribution < 1.29 is 17.9 Å². The molecular weight excluding hydrogens is 417 g/mol. The minimum absolute atomic E-state index is 0.0754. The van der Waals surface area contributed by atoms with Gasteiger partial charge in [-0.15, -0.1) is 0 Å². The van der Waals surface area contributed by atoms with Crippen LogP contribution in [0.4, 0.5) is 5.69 Å². The van der Waals surface area contributed by atoms with Gasteiger partial charge in [0, 0.05) is 9.26 Å². The van der Waals surface area contributed by atoms with Crippen molar-refractivity contribution in [2.45, 2.75) is 0 Å². The smallest absolute Gasteiger partial charge is 0.236 e. The lowest BCUT2D eigenvalue weighted by atomic mass is 10.3. The van der Waals surface area contributed by atoms with Gasteiger partial charge in [-0.25, -0.2) is 8.42 Å². The second kappa shape index (κ2) is 7.68. The Kier molecular flexibility index (Phi) is 5.90. The SMILES string of the molecule is COc1ccc(OCCS(=O)(=O)Nc2ccc(I)cc2)cc1. The molecule has 2 aromatic rings. The van der Waals surface area contributed by atoms with Gasteiger partial charge in [0.15, 0.2) is 0 Å². The molecule has 0 amide bonds. The third-order valence-electron chi connectivity index (χ3n) is 2.80. The minimum Gasteiger partial charge on any atom is -0.497 e. The van der Waals surface area contributed by atoms with Gasteiger partial charge in [0.2, 0.25) is 10.0 Å². The average Bonchev–Trinajstić information content (AvgIpc) is 2.50. The monoisotopic (exact) mass is 433 g/mol. The Balaban J connectivity index is 1.85. The largest absolute Gasteiger partial charge is 0.497 e. The van der Waals surface area contributed by atoms with E-state index in [0.717, 1.165) is 9.32 Å². The van der Waals surface area contributed by atoms with Crippen LogP contribution in [0, 0.1) is 3.57 Å². The maximum absolute atomic E-state index is 12.0. The first-order valence-electron chi connectivity index (χ1n) is 6.51. The number of halogens is 1. The molecule has 0 bridgehead atoms. The van der Waals surface area contributed by atoms with E-state index in [2.05, 4.69) is 27.3 Å². The maximum atomic E-state index is 12.0. The number of ether oxygens (including phenoxy) is 2. The van der Waals surface area contributed by atoms with E-state index in [4.69, 9.17) is 9.47 Å². The van der Waals surface area contributed by atoms with Crippen molar-refractivity contribution in [2.24, 2.45) is 0 Å².